The number of nitrogens with zero attached hydrogens (tertiary/aromatic N) is 6. The quantitative estimate of drug-likeness (QED) is 0.678. The van der Waals surface area contributed by atoms with Crippen LogP contribution in [0.5, 0.6) is 0 Å². The zero-order chi connectivity index (χ0) is 20.4. The van der Waals surface area contributed by atoms with Gasteiger partial charge in [-0.1, -0.05) is 29.4 Å². The van der Waals surface area contributed by atoms with Gasteiger partial charge in [-0.15, -0.1) is 0 Å². The minimum absolute atomic E-state index is 0.630. The van der Waals surface area contributed by atoms with Gasteiger partial charge < -0.3 is 9.42 Å². The number of piperazine rings is 1. The van der Waals surface area contributed by atoms with E-state index in [1.54, 1.807) is 0 Å². The molecule has 1 aromatic carbocycles. The molecule has 0 saturated carbocycles. The fourth-order valence-corrected chi connectivity index (χ4v) is 3.79. The maximum Gasteiger partial charge on any atom is 0.241 e. The molecule has 7 heteroatoms. The Labute approximate surface area is 170 Å². The Balaban J connectivity index is 1.42. The van der Waals surface area contributed by atoms with Crippen molar-refractivity contribution >= 4 is 5.69 Å². The second kappa shape index (κ2) is 8.02. The molecular weight excluding hydrogens is 364 g/mol. The summed E-state index contributed by atoms with van der Waals surface area (Å²) in [5, 5.41) is 13.7. The van der Waals surface area contributed by atoms with Gasteiger partial charge in [-0.25, -0.2) is 0 Å². The first kappa shape index (κ1) is 19.1. The monoisotopic (exact) mass is 388 g/mol. The van der Waals surface area contributed by atoms with Crippen LogP contribution in [-0.2, 0) is 6.54 Å². The zero-order valence-electron chi connectivity index (χ0n) is 17.0. The van der Waals surface area contributed by atoms with E-state index in [0.29, 0.717) is 23.8 Å². The molecule has 3 aromatic rings. The fourth-order valence-electron chi connectivity index (χ4n) is 3.79. The second-order valence-electron chi connectivity index (χ2n) is 7.44. The Kier molecular flexibility index (Phi) is 5.28. The van der Waals surface area contributed by atoms with Crippen LogP contribution in [0.2, 0.25) is 0 Å². The molecule has 0 N–H and O–H groups in total. The minimum Gasteiger partial charge on any atom is -0.368 e. The van der Waals surface area contributed by atoms with E-state index in [-0.39, 0.29) is 0 Å². The molecule has 0 atom stereocenters. The molecule has 0 aliphatic carbocycles. The fraction of sp³-hybridized carbons (Fsp3) is 0.364. The first-order valence-electron chi connectivity index (χ1n) is 9.79. The summed E-state index contributed by atoms with van der Waals surface area (Å²) in [5.74, 6) is 1.27. The van der Waals surface area contributed by atoms with Gasteiger partial charge >= 0.3 is 0 Å². The summed E-state index contributed by atoms with van der Waals surface area (Å²) in [4.78, 5) is 13.6. The van der Waals surface area contributed by atoms with Crippen LogP contribution >= 0.6 is 0 Å². The molecule has 3 heterocycles. The van der Waals surface area contributed by atoms with Crippen molar-refractivity contribution in [2.75, 3.05) is 31.1 Å². The van der Waals surface area contributed by atoms with Gasteiger partial charge in [0.25, 0.3) is 0 Å². The van der Waals surface area contributed by atoms with E-state index in [2.05, 4.69) is 31.0 Å². The Morgan fingerprint density at radius 2 is 1.83 bits per heavy atom. The van der Waals surface area contributed by atoms with Crippen LogP contribution in [-0.4, -0.2) is 46.2 Å². The molecule has 1 aliphatic rings. The molecule has 0 bridgehead atoms. The number of benzene rings is 1. The minimum atomic E-state index is 0.630. The molecule has 148 valence electrons. The lowest BCUT2D eigenvalue weighted by molar-refractivity contribution is 0.215. The zero-order valence-corrected chi connectivity index (χ0v) is 17.0. The lowest BCUT2D eigenvalue weighted by atomic mass is 10.1. The largest absolute Gasteiger partial charge is 0.368 e. The van der Waals surface area contributed by atoms with Crippen LogP contribution in [0.1, 0.15) is 28.4 Å². The van der Waals surface area contributed by atoms with Crippen LogP contribution in [0.3, 0.4) is 0 Å². The van der Waals surface area contributed by atoms with E-state index >= 15 is 0 Å². The highest BCUT2D eigenvalue weighted by molar-refractivity contribution is 5.62. The maximum atomic E-state index is 9.53. The molecule has 0 spiro atoms. The highest BCUT2D eigenvalue weighted by Gasteiger charge is 2.22. The first-order valence-corrected chi connectivity index (χ1v) is 9.79. The summed E-state index contributed by atoms with van der Waals surface area (Å²) in [6.07, 6.45) is 0. The third kappa shape index (κ3) is 3.98. The van der Waals surface area contributed by atoms with Gasteiger partial charge in [0.05, 0.1) is 23.5 Å². The van der Waals surface area contributed by atoms with Crippen LogP contribution in [0.25, 0.3) is 11.4 Å². The molecule has 0 amide bonds. The number of hydrogen-bond acceptors (Lipinski definition) is 7. The van der Waals surface area contributed by atoms with Gasteiger partial charge in [0, 0.05) is 37.4 Å². The summed E-state index contributed by atoms with van der Waals surface area (Å²) < 4.78 is 5.49. The summed E-state index contributed by atoms with van der Waals surface area (Å²) in [6.45, 7) is 9.96. The average molecular weight is 388 g/mol. The number of anilines is 1. The van der Waals surface area contributed by atoms with Crippen LogP contribution < -0.4 is 4.90 Å². The van der Waals surface area contributed by atoms with Crippen molar-refractivity contribution in [1.29, 1.82) is 5.26 Å². The van der Waals surface area contributed by atoms with E-state index < -0.39 is 0 Å². The molecule has 2 aromatic heterocycles. The van der Waals surface area contributed by atoms with Gasteiger partial charge in [0.15, 0.2) is 0 Å². The number of aromatic nitrogens is 3. The van der Waals surface area contributed by atoms with Crippen LogP contribution in [0, 0.1) is 32.1 Å². The summed E-state index contributed by atoms with van der Waals surface area (Å²) in [7, 11) is 0. The Bertz CT molecular complexity index is 1060. The van der Waals surface area contributed by atoms with Gasteiger partial charge in [0.1, 0.15) is 6.07 Å². The standard InChI is InChI=1S/C22H24N6O/c1-15-6-4-5-7-18(15)22-25-21(29-26-22)14-27-8-10-28(11-9-27)20-12-16(2)24-17(3)19(20)13-23/h4-7,12H,8-11,14H2,1-3H3. The van der Waals surface area contributed by atoms with Gasteiger partial charge in [-0.2, -0.15) is 10.2 Å². The average Bonchev–Trinajstić information content (AvgIpc) is 3.16. The van der Waals surface area contributed by atoms with E-state index in [1.165, 1.54) is 0 Å². The third-order valence-corrected chi connectivity index (χ3v) is 5.35. The SMILES string of the molecule is Cc1cc(N2CCN(Cc3nc(-c4ccccc4C)no3)CC2)c(C#N)c(C)n1. The summed E-state index contributed by atoms with van der Waals surface area (Å²) >= 11 is 0. The normalized spacial score (nSPS) is 14.8. The van der Waals surface area contributed by atoms with Gasteiger partial charge in [0.2, 0.25) is 11.7 Å². The van der Waals surface area contributed by atoms with Gasteiger partial charge in [-0.3, -0.25) is 9.88 Å². The van der Waals surface area contributed by atoms with Crippen molar-refractivity contribution in [1.82, 2.24) is 20.0 Å². The molecule has 0 unspecified atom stereocenters. The van der Waals surface area contributed by atoms with E-state index in [4.69, 9.17) is 4.52 Å². The van der Waals surface area contributed by atoms with Crippen molar-refractivity contribution in [3.63, 3.8) is 0 Å². The number of hydrogen-bond donors (Lipinski definition) is 0. The summed E-state index contributed by atoms with van der Waals surface area (Å²) in [6, 6.07) is 12.4. The maximum absolute atomic E-state index is 9.53. The number of aryl methyl sites for hydroxylation is 3. The predicted molar refractivity (Wildman–Crippen MR) is 110 cm³/mol. The molecule has 4 rings (SSSR count). The second-order valence-corrected chi connectivity index (χ2v) is 7.44. The van der Waals surface area contributed by atoms with Gasteiger partial charge in [-0.05, 0) is 32.4 Å². The lowest BCUT2D eigenvalue weighted by Gasteiger charge is -2.36. The smallest absolute Gasteiger partial charge is 0.241 e. The molecular formula is C22H24N6O. The van der Waals surface area contributed by atoms with Crippen molar-refractivity contribution in [3.05, 3.63) is 58.7 Å². The summed E-state index contributed by atoms with van der Waals surface area (Å²) in [5.41, 5.74) is 5.51. The predicted octanol–water partition coefficient (Wildman–Crippen LogP) is 3.25. The lowest BCUT2D eigenvalue weighted by Crippen LogP contribution is -2.46. The number of rotatable bonds is 4. The van der Waals surface area contributed by atoms with E-state index in [0.717, 1.165) is 54.4 Å². The molecule has 1 fully saturated rings. The highest BCUT2D eigenvalue weighted by Crippen LogP contribution is 2.25. The van der Waals surface area contributed by atoms with Crippen LogP contribution in [0.4, 0.5) is 5.69 Å². The molecule has 1 saturated heterocycles. The number of pyridine rings is 1. The van der Waals surface area contributed by atoms with E-state index in [9.17, 15) is 5.26 Å². The molecule has 0 radical (unpaired) electrons. The third-order valence-electron chi connectivity index (χ3n) is 5.35. The topological polar surface area (TPSA) is 82.1 Å². The Hall–Kier alpha value is -3.24. The van der Waals surface area contributed by atoms with Crippen molar-refractivity contribution in [2.24, 2.45) is 0 Å². The van der Waals surface area contributed by atoms with Crippen molar-refractivity contribution < 1.29 is 4.52 Å². The first-order chi connectivity index (χ1) is 14.0. The molecule has 7 nitrogen and oxygen atoms in total. The Morgan fingerprint density at radius 3 is 2.55 bits per heavy atom. The molecule has 29 heavy (non-hydrogen) atoms. The van der Waals surface area contributed by atoms with Crippen molar-refractivity contribution in [3.8, 4) is 17.5 Å². The Morgan fingerprint density at radius 1 is 1.07 bits per heavy atom. The van der Waals surface area contributed by atoms with Crippen LogP contribution in [0.15, 0.2) is 34.9 Å². The molecule has 1 aliphatic heterocycles. The van der Waals surface area contributed by atoms with Crippen molar-refractivity contribution in [2.45, 2.75) is 27.3 Å². The highest BCUT2D eigenvalue weighted by atomic mass is 16.5. The number of nitriles is 1. The van der Waals surface area contributed by atoms with E-state index in [1.807, 2.05) is 51.1 Å².